The zero-order valence-electron chi connectivity index (χ0n) is 11.2. The average molecular weight is 326 g/mol. The van der Waals surface area contributed by atoms with E-state index in [4.69, 9.17) is 4.74 Å². The molecule has 0 radical (unpaired) electrons. The number of ether oxygens (including phenoxy) is 1. The highest BCUT2D eigenvalue weighted by Gasteiger charge is 2.11. The molecule has 0 bridgehead atoms. The maximum atomic E-state index is 9.47. The molecule has 0 fully saturated rings. The molecular formula is C15H20BrNO2. The van der Waals surface area contributed by atoms with Crippen molar-refractivity contribution in [1.82, 2.24) is 5.32 Å². The van der Waals surface area contributed by atoms with Crippen LogP contribution in [0.2, 0.25) is 0 Å². The Morgan fingerprint density at radius 2 is 2.32 bits per heavy atom. The molecule has 1 unspecified atom stereocenters. The fraction of sp³-hybridized carbons (Fsp3) is 0.467. The number of fused-ring (bicyclic) bond motifs is 1. The molecular weight excluding hydrogens is 306 g/mol. The van der Waals surface area contributed by atoms with Crippen LogP contribution in [-0.2, 0) is 0 Å². The largest absolute Gasteiger partial charge is 0.489 e. The molecule has 0 aromatic heterocycles. The fourth-order valence-corrected chi connectivity index (χ4v) is 2.40. The van der Waals surface area contributed by atoms with Gasteiger partial charge in [0.15, 0.2) is 0 Å². The van der Waals surface area contributed by atoms with Gasteiger partial charge in [0.25, 0.3) is 0 Å². The molecule has 1 atom stereocenters. The Labute approximate surface area is 122 Å². The van der Waals surface area contributed by atoms with Gasteiger partial charge in [0.05, 0.1) is 6.10 Å². The molecule has 2 rings (SSSR count). The van der Waals surface area contributed by atoms with Gasteiger partial charge in [-0.05, 0) is 49.2 Å². The Balaban J connectivity index is 1.85. The number of benzene rings is 1. The first-order chi connectivity index (χ1) is 9.19. The monoisotopic (exact) mass is 325 g/mol. The maximum Gasteiger partial charge on any atom is 0.127 e. The van der Waals surface area contributed by atoms with Crippen LogP contribution >= 0.6 is 15.9 Å². The van der Waals surface area contributed by atoms with Crippen LogP contribution in [0.15, 0.2) is 28.2 Å². The van der Waals surface area contributed by atoms with Gasteiger partial charge in [-0.2, -0.15) is 0 Å². The summed E-state index contributed by atoms with van der Waals surface area (Å²) in [5.41, 5.74) is 2.35. The fourth-order valence-electron chi connectivity index (χ4n) is 2.02. The lowest BCUT2D eigenvalue weighted by Crippen LogP contribution is -2.25. The summed E-state index contributed by atoms with van der Waals surface area (Å²) in [6.45, 7) is 4.27. The molecule has 104 valence electrons. The number of aliphatic hydroxyl groups excluding tert-OH is 1. The first-order valence-corrected chi connectivity index (χ1v) is 7.49. The second-order valence-corrected chi connectivity index (χ2v) is 5.72. The Kier molecular flexibility index (Phi) is 5.43. The number of aliphatic hydroxyl groups is 1. The summed E-state index contributed by atoms with van der Waals surface area (Å²) in [4.78, 5) is 0. The minimum Gasteiger partial charge on any atom is -0.489 e. The Bertz CT molecular complexity index is 459. The van der Waals surface area contributed by atoms with Crippen molar-refractivity contribution in [3.63, 3.8) is 0 Å². The molecule has 1 aromatic carbocycles. The van der Waals surface area contributed by atoms with Gasteiger partial charge in [-0.3, -0.25) is 0 Å². The van der Waals surface area contributed by atoms with Gasteiger partial charge >= 0.3 is 0 Å². The molecule has 0 amide bonds. The summed E-state index contributed by atoms with van der Waals surface area (Å²) in [5.74, 6) is 0.938. The molecule has 2 N–H and O–H groups in total. The van der Waals surface area contributed by atoms with E-state index in [1.807, 2.05) is 19.1 Å². The van der Waals surface area contributed by atoms with Crippen molar-refractivity contribution >= 4 is 22.0 Å². The summed E-state index contributed by atoms with van der Waals surface area (Å²) >= 11 is 3.47. The lowest BCUT2D eigenvalue weighted by molar-refractivity contribution is 0.160. The number of nitrogens with one attached hydrogen (secondary N) is 1. The quantitative estimate of drug-likeness (QED) is 0.790. The normalized spacial score (nSPS) is 15.4. The Hall–Kier alpha value is -0.840. The molecule has 4 heteroatoms. The average Bonchev–Trinajstić information content (AvgIpc) is 2.42. The van der Waals surface area contributed by atoms with Gasteiger partial charge in [-0.15, -0.1) is 0 Å². The third-order valence-electron chi connectivity index (χ3n) is 3.22. The van der Waals surface area contributed by atoms with E-state index in [-0.39, 0.29) is 6.10 Å². The SMILES string of the molecule is CCC(O)CCNCC1=Cc2cc(Br)ccc2OC1. The standard InChI is InChI=1S/C15H20BrNO2/c1-2-14(18)5-6-17-9-11-7-12-8-13(16)3-4-15(12)19-10-11/h3-4,7-8,14,17-18H,2,5-6,9-10H2,1H3. The van der Waals surface area contributed by atoms with Crippen molar-refractivity contribution in [2.24, 2.45) is 0 Å². The smallest absolute Gasteiger partial charge is 0.127 e. The van der Waals surface area contributed by atoms with E-state index >= 15 is 0 Å². The van der Waals surface area contributed by atoms with Crippen LogP contribution in [0, 0.1) is 0 Å². The zero-order chi connectivity index (χ0) is 13.7. The van der Waals surface area contributed by atoms with Crippen LogP contribution in [0.3, 0.4) is 0 Å². The minimum absolute atomic E-state index is 0.194. The lowest BCUT2D eigenvalue weighted by atomic mass is 10.1. The van der Waals surface area contributed by atoms with E-state index in [2.05, 4.69) is 33.4 Å². The van der Waals surface area contributed by atoms with Crippen LogP contribution in [-0.4, -0.2) is 30.9 Å². The van der Waals surface area contributed by atoms with Gasteiger partial charge in [0.1, 0.15) is 12.4 Å². The molecule has 0 saturated carbocycles. The van der Waals surface area contributed by atoms with Crippen LogP contribution in [0.5, 0.6) is 5.75 Å². The number of hydrogen-bond acceptors (Lipinski definition) is 3. The van der Waals surface area contributed by atoms with E-state index in [0.717, 1.165) is 41.7 Å². The molecule has 1 aromatic rings. The first kappa shape index (κ1) is 14.6. The minimum atomic E-state index is -0.194. The van der Waals surface area contributed by atoms with Gasteiger partial charge < -0.3 is 15.2 Å². The highest BCUT2D eigenvalue weighted by Crippen LogP contribution is 2.28. The van der Waals surface area contributed by atoms with Gasteiger partial charge in [0, 0.05) is 16.6 Å². The van der Waals surface area contributed by atoms with Gasteiger partial charge in [-0.1, -0.05) is 22.9 Å². The number of halogens is 1. The summed E-state index contributed by atoms with van der Waals surface area (Å²) in [6, 6.07) is 6.04. The van der Waals surface area contributed by atoms with Crippen molar-refractivity contribution in [2.75, 3.05) is 19.7 Å². The second-order valence-electron chi connectivity index (χ2n) is 4.80. The summed E-state index contributed by atoms with van der Waals surface area (Å²) in [6.07, 6.45) is 3.59. The highest BCUT2D eigenvalue weighted by molar-refractivity contribution is 9.10. The number of rotatable bonds is 6. The van der Waals surface area contributed by atoms with E-state index in [0.29, 0.717) is 6.61 Å². The zero-order valence-corrected chi connectivity index (χ0v) is 12.7. The first-order valence-electron chi connectivity index (χ1n) is 6.69. The van der Waals surface area contributed by atoms with E-state index in [1.165, 1.54) is 5.57 Å². The molecule has 0 saturated heterocycles. The third-order valence-corrected chi connectivity index (χ3v) is 3.72. The molecule has 1 aliphatic rings. The Morgan fingerprint density at radius 1 is 1.47 bits per heavy atom. The van der Waals surface area contributed by atoms with Crippen molar-refractivity contribution in [2.45, 2.75) is 25.9 Å². The van der Waals surface area contributed by atoms with Crippen molar-refractivity contribution in [1.29, 1.82) is 0 Å². The van der Waals surface area contributed by atoms with E-state index in [1.54, 1.807) is 0 Å². The van der Waals surface area contributed by atoms with Crippen molar-refractivity contribution < 1.29 is 9.84 Å². The van der Waals surface area contributed by atoms with Crippen LogP contribution in [0.25, 0.3) is 6.08 Å². The third kappa shape index (κ3) is 4.34. The summed E-state index contributed by atoms with van der Waals surface area (Å²) in [7, 11) is 0. The molecule has 3 nitrogen and oxygen atoms in total. The predicted molar refractivity (Wildman–Crippen MR) is 81.4 cm³/mol. The molecule has 0 aliphatic carbocycles. The highest BCUT2D eigenvalue weighted by atomic mass is 79.9. The maximum absolute atomic E-state index is 9.47. The van der Waals surface area contributed by atoms with E-state index in [9.17, 15) is 5.11 Å². The lowest BCUT2D eigenvalue weighted by Gasteiger charge is -2.19. The van der Waals surface area contributed by atoms with Gasteiger partial charge in [-0.25, -0.2) is 0 Å². The van der Waals surface area contributed by atoms with Crippen LogP contribution in [0.4, 0.5) is 0 Å². The Morgan fingerprint density at radius 3 is 3.11 bits per heavy atom. The molecule has 0 spiro atoms. The van der Waals surface area contributed by atoms with E-state index < -0.39 is 0 Å². The molecule has 1 aliphatic heterocycles. The summed E-state index contributed by atoms with van der Waals surface area (Å²) < 4.78 is 6.77. The van der Waals surface area contributed by atoms with Crippen LogP contribution < -0.4 is 10.1 Å². The van der Waals surface area contributed by atoms with Crippen molar-refractivity contribution in [3.8, 4) is 5.75 Å². The number of hydrogen-bond donors (Lipinski definition) is 2. The molecule has 1 heterocycles. The summed E-state index contributed by atoms with van der Waals surface area (Å²) in [5, 5.41) is 12.8. The van der Waals surface area contributed by atoms with Crippen molar-refractivity contribution in [3.05, 3.63) is 33.8 Å². The van der Waals surface area contributed by atoms with Gasteiger partial charge in [0.2, 0.25) is 0 Å². The molecule has 19 heavy (non-hydrogen) atoms. The van der Waals surface area contributed by atoms with Crippen LogP contribution in [0.1, 0.15) is 25.3 Å². The predicted octanol–water partition coefficient (Wildman–Crippen LogP) is 2.98. The topological polar surface area (TPSA) is 41.5 Å². The second kappa shape index (κ2) is 7.08.